The fraction of sp³-hybridized carbons (Fsp3) is 0. The molecule has 0 radical (unpaired) electrons. The smallest absolute Gasteiger partial charge is 0.290 e. The fourth-order valence-corrected chi connectivity index (χ4v) is 3.06. The molecule has 3 aromatic rings. The number of furan rings is 1. The van der Waals surface area contributed by atoms with E-state index in [0.717, 1.165) is 11.8 Å². The van der Waals surface area contributed by atoms with Crippen molar-refractivity contribution in [2.24, 2.45) is 0 Å². The first-order chi connectivity index (χ1) is 12.6. The number of imide groups is 1. The largest absolute Gasteiger partial charge is 0.455 e. The third-order valence-electron chi connectivity index (χ3n) is 3.52. The van der Waals surface area contributed by atoms with E-state index in [1.54, 1.807) is 30.6 Å². The van der Waals surface area contributed by atoms with Gasteiger partial charge in [0, 0.05) is 29.4 Å². The van der Waals surface area contributed by atoms with Crippen LogP contribution in [0.1, 0.15) is 16.9 Å². The van der Waals surface area contributed by atoms with Crippen molar-refractivity contribution < 1.29 is 18.4 Å². The highest BCUT2D eigenvalue weighted by Gasteiger charge is 2.25. The van der Waals surface area contributed by atoms with E-state index in [9.17, 15) is 14.0 Å². The zero-order chi connectivity index (χ0) is 18.1. The number of nitrogens with one attached hydrogen (secondary N) is 1. The lowest BCUT2D eigenvalue weighted by atomic mass is 10.2. The molecule has 3 heterocycles. The monoisotopic (exact) mass is 364 g/mol. The number of hydrogen-bond donors (Lipinski definition) is 1. The Morgan fingerprint density at radius 3 is 2.85 bits per heavy atom. The molecule has 1 N–H and O–H groups in total. The second-order valence-corrected chi connectivity index (χ2v) is 6.38. The highest BCUT2D eigenvalue weighted by atomic mass is 32.2. The van der Waals surface area contributed by atoms with E-state index in [1.807, 2.05) is 0 Å². The predicted octanol–water partition coefficient (Wildman–Crippen LogP) is 3.69. The van der Waals surface area contributed by atoms with Gasteiger partial charge in [-0.15, -0.1) is 0 Å². The fourth-order valence-electron chi connectivity index (χ4n) is 2.40. The number of benzene rings is 1. The van der Waals surface area contributed by atoms with Gasteiger partial charge in [-0.25, -0.2) is 4.39 Å². The minimum absolute atomic E-state index is 0.259. The molecule has 2 amide bonds. The number of rotatable bonds is 1. The molecule has 4 rings (SSSR count). The standard InChI is InChI=1S/C19H9FN2O3S/c20-14-3-1-2-11(6-14)4-5-12-9-21-10-13-7-15(25-17(12)13)8-16-18(23)22-19(24)26-16/h1-3,6-10H,(H,22,23,24). The van der Waals surface area contributed by atoms with E-state index >= 15 is 0 Å². The van der Waals surface area contributed by atoms with Crippen LogP contribution in [0.4, 0.5) is 9.18 Å². The Hall–Kier alpha value is -3.37. The maximum atomic E-state index is 13.2. The summed E-state index contributed by atoms with van der Waals surface area (Å²) in [5, 5.41) is 2.48. The molecule has 1 aromatic carbocycles. The molecule has 0 atom stereocenters. The zero-order valence-corrected chi connectivity index (χ0v) is 13.9. The van der Waals surface area contributed by atoms with Crippen molar-refractivity contribution in [3.63, 3.8) is 0 Å². The summed E-state index contributed by atoms with van der Waals surface area (Å²) >= 11 is 0.814. The van der Waals surface area contributed by atoms with Gasteiger partial charge in [0.05, 0.1) is 10.5 Å². The highest BCUT2D eigenvalue weighted by molar-refractivity contribution is 8.18. The van der Waals surface area contributed by atoms with Gasteiger partial charge >= 0.3 is 0 Å². The number of thioether (sulfide) groups is 1. The second kappa shape index (κ2) is 6.50. The average molecular weight is 364 g/mol. The average Bonchev–Trinajstić information content (AvgIpc) is 3.15. The van der Waals surface area contributed by atoms with Crippen LogP contribution in [0.3, 0.4) is 0 Å². The molecule has 1 saturated heterocycles. The number of carbonyl (C=O) groups is 2. The first kappa shape index (κ1) is 16.1. The maximum Gasteiger partial charge on any atom is 0.290 e. The molecule has 2 aromatic heterocycles. The number of fused-ring (bicyclic) bond motifs is 1. The van der Waals surface area contributed by atoms with E-state index in [1.165, 1.54) is 18.2 Å². The number of aromatic nitrogens is 1. The Morgan fingerprint density at radius 1 is 1.19 bits per heavy atom. The van der Waals surface area contributed by atoms with Crippen molar-refractivity contribution in [2.45, 2.75) is 0 Å². The van der Waals surface area contributed by atoms with Crippen molar-refractivity contribution in [1.29, 1.82) is 0 Å². The van der Waals surface area contributed by atoms with Crippen molar-refractivity contribution in [3.05, 3.63) is 70.3 Å². The molecule has 0 bridgehead atoms. The van der Waals surface area contributed by atoms with E-state index in [0.29, 0.717) is 27.9 Å². The molecule has 0 unspecified atom stereocenters. The summed E-state index contributed by atoms with van der Waals surface area (Å²) in [6.45, 7) is 0. The lowest BCUT2D eigenvalue weighted by Gasteiger charge is -1.93. The Balaban J connectivity index is 1.72. The summed E-state index contributed by atoms with van der Waals surface area (Å²) in [6, 6.07) is 7.68. The van der Waals surface area contributed by atoms with Gasteiger partial charge in [-0.1, -0.05) is 17.9 Å². The minimum atomic E-state index is -0.454. The van der Waals surface area contributed by atoms with Crippen LogP contribution in [0.25, 0.3) is 17.0 Å². The molecule has 5 nitrogen and oxygen atoms in total. The van der Waals surface area contributed by atoms with E-state index in [-0.39, 0.29) is 10.7 Å². The first-order valence-corrected chi connectivity index (χ1v) is 8.30. The van der Waals surface area contributed by atoms with Crippen LogP contribution in [-0.4, -0.2) is 16.1 Å². The van der Waals surface area contributed by atoms with Gasteiger partial charge in [0.1, 0.15) is 11.6 Å². The van der Waals surface area contributed by atoms with E-state index < -0.39 is 11.1 Å². The minimum Gasteiger partial charge on any atom is -0.455 e. The van der Waals surface area contributed by atoms with E-state index in [4.69, 9.17) is 4.42 Å². The number of carbonyl (C=O) groups excluding carboxylic acids is 2. The molecule has 1 aliphatic heterocycles. The van der Waals surface area contributed by atoms with Gasteiger partial charge in [-0.2, -0.15) is 0 Å². The Kier molecular flexibility index (Phi) is 4.03. The van der Waals surface area contributed by atoms with Crippen LogP contribution in [-0.2, 0) is 4.79 Å². The Labute approximate surface area is 151 Å². The van der Waals surface area contributed by atoms with Crippen molar-refractivity contribution >= 4 is 40.0 Å². The third-order valence-corrected chi connectivity index (χ3v) is 4.33. The number of nitrogens with zero attached hydrogens (tertiary/aromatic N) is 1. The summed E-state index contributed by atoms with van der Waals surface area (Å²) in [5.74, 6) is 5.39. The van der Waals surface area contributed by atoms with Gasteiger partial charge in [0.25, 0.3) is 11.1 Å². The van der Waals surface area contributed by atoms with Crippen molar-refractivity contribution in [2.75, 3.05) is 0 Å². The van der Waals surface area contributed by atoms with Gasteiger partial charge < -0.3 is 4.42 Å². The summed E-state index contributed by atoms with van der Waals surface area (Å²) in [7, 11) is 0. The number of hydrogen-bond acceptors (Lipinski definition) is 5. The second-order valence-electron chi connectivity index (χ2n) is 5.37. The zero-order valence-electron chi connectivity index (χ0n) is 13.1. The van der Waals surface area contributed by atoms with Gasteiger partial charge in [-0.3, -0.25) is 19.9 Å². The van der Waals surface area contributed by atoms with Crippen molar-refractivity contribution in [1.82, 2.24) is 10.3 Å². The van der Waals surface area contributed by atoms with Crippen LogP contribution in [0.5, 0.6) is 0 Å². The molecule has 26 heavy (non-hydrogen) atoms. The molecular formula is C19H9FN2O3S. The summed E-state index contributed by atoms with van der Waals surface area (Å²) in [6.07, 6.45) is 4.66. The molecule has 0 spiro atoms. The Morgan fingerprint density at radius 2 is 2.08 bits per heavy atom. The summed E-state index contributed by atoms with van der Waals surface area (Å²) < 4.78 is 19.0. The Bertz CT molecular complexity index is 1150. The number of pyridine rings is 1. The van der Waals surface area contributed by atoms with Crippen LogP contribution in [0, 0.1) is 17.7 Å². The van der Waals surface area contributed by atoms with Gasteiger partial charge in [0.2, 0.25) is 0 Å². The lowest BCUT2D eigenvalue weighted by molar-refractivity contribution is -0.115. The molecule has 7 heteroatoms. The third kappa shape index (κ3) is 3.23. The normalized spacial score (nSPS) is 15.2. The summed E-state index contributed by atoms with van der Waals surface area (Å²) in [5.41, 5.74) is 1.58. The van der Waals surface area contributed by atoms with Crippen LogP contribution >= 0.6 is 11.8 Å². The van der Waals surface area contributed by atoms with Gasteiger partial charge in [0.15, 0.2) is 5.58 Å². The van der Waals surface area contributed by atoms with E-state index in [2.05, 4.69) is 22.1 Å². The molecule has 126 valence electrons. The quantitative estimate of drug-likeness (QED) is 0.527. The number of amides is 2. The van der Waals surface area contributed by atoms with Crippen LogP contribution in [0.2, 0.25) is 0 Å². The number of halogens is 1. The van der Waals surface area contributed by atoms with Crippen LogP contribution < -0.4 is 5.32 Å². The summed E-state index contributed by atoms with van der Waals surface area (Å²) in [4.78, 5) is 27.2. The first-order valence-electron chi connectivity index (χ1n) is 7.48. The topological polar surface area (TPSA) is 72.2 Å². The molecule has 0 saturated carbocycles. The predicted molar refractivity (Wildman–Crippen MR) is 95.5 cm³/mol. The maximum absolute atomic E-state index is 13.2. The van der Waals surface area contributed by atoms with Gasteiger partial charge in [-0.05, 0) is 36.0 Å². The highest BCUT2D eigenvalue weighted by Crippen LogP contribution is 2.28. The van der Waals surface area contributed by atoms with Crippen LogP contribution in [0.15, 0.2) is 52.0 Å². The molecule has 0 aliphatic carbocycles. The lowest BCUT2D eigenvalue weighted by Crippen LogP contribution is -2.17. The SMILES string of the molecule is O=C1NC(=O)C(=Cc2cc3cncc(C#Cc4cccc(F)c4)c3o2)S1. The van der Waals surface area contributed by atoms with Crippen molar-refractivity contribution in [3.8, 4) is 11.8 Å². The molecular weight excluding hydrogens is 355 g/mol. The molecule has 1 fully saturated rings. The molecule has 1 aliphatic rings.